The molecule has 1 aliphatic rings. The van der Waals surface area contributed by atoms with Crippen LogP contribution in [0.1, 0.15) is 79.3 Å². The van der Waals surface area contributed by atoms with E-state index in [1.807, 2.05) is 63.2 Å². The fraction of sp³-hybridized carbons (Fsp3) is 0.304. The van der Waals surface area contributed by atoms with Gasteiger partial charge in [-0.25, -0.2) is 9.59 Å². The Hall–Kier alpha value is -5.40. The molecule has 7 heteroatoms. The van der Waals surface area contributed by atoms with Gasteiger partial charge in [-0.15, -0.1) is 0 Å². The van der Waals surface area contributed by atoms with Crippen molar-refractivity contribution in [2.45, 2.75) is 70.1 Å². The Balaban J connectivity index is 1.15. The summed E-state index contributed by atoms with van der Waals surface area (Å²) in [6.45, 7) is 8.37. The number of amides is 1. The van der Waals surface area contributed by atoms with E-state index < -0.39 is 29.2 Å². The maximum absolute atomic E-state index is 13.4. The van der Waals surface area contributed by atoms with Crippen LogP contribution in [0.3, 0.4) is 0 Å². The lowest BCUT2D eigenvalue weighted by Crippen LogP contribution is -2.46. The van der Waals surface area contributed by atoms with Crippen LogP contribution in [-0.4, -0.2) is 44.0 Å². The molecular formula is C46H50N2O5. The van der Waals surface area contributed by atoms with E-state index >= 15 is 0 Å². The minimum atomic E-state index is -0.859. The number of rotatable bonds is 14. The maximum atomic E-state index is 13.4. The van der Waals surface area contributed by atoms with Gasteiger partial charge in [-0.1, -0.05) is 121 Å². The second-order valence-corrected chi connectivity index (χ2v) is 14.7. The number of ether oxygens (including phenoxy) is 3. The number of unbranched alkanes of at least 4 members (excludes halogenated alkanes) is 1. The SMILES string of the molecule is COc1ccc(C(NCCCC[C@H](NC(=O)OCC2c3ccccc3-c3ccccc32)C(=O)OC(C)(C)C)(c2ccccc2)c2ccc(C)cc2)cc1. The highest BCUT2D eigenvalue weighted by Gasteiger charge is 2.36. The first-order valence-electron chi connectivity index (χ1n) is 18.5. The number of benzene rings is 5. The summed E-state index contributed by atoms with van der Waals surface area (Å²) in [7, 11) is 1.67. The Morgan fingerprint density at radius 1 is 0.698 bits per heavy atom. The van der Waals surface area contributed by atoms with Crippen molar-refractivity contribution >= 4 is 12.1 Å². The molecule has 2 N–H and O–H groups in total. The molecule has 1 unspecified atom stereocenters. The van der Waals surface area contributed by atoms with E-state index in [0.717, 1.165) is 51.1 Å². The predicted molar refractivity (Wildman–Crippen MR) is 210 cm³/mol. The van der Waals surface area contributed by atoms with Crippen LogP contribution in [0.4, 0.5) is 4.79 Å². The van der Waals surface area contributed by atoms with Crippen molar-refractivity contribution in [3.05, 3.63) is 161 Å². The van der Waals surface area contributed by atoms with Gasteiger partial charge in [0.25, 0.3) is 0 Å². The standard InChI is InChI=1S/C46H50N2O5/c1-32-22-24-34(25-23-32)46(33-15-7-6-8-16-33,35-26-28-36(51-5)29-27-35)47-30-14-13-21-42(43(49)53-45(2,3)4)48-44(50)52-31-41-39-19-11-9-17-37(39)38-18-10-12-20-40(38)41/h6-12,15-20,22-29,41-42,47H,13-14,21,30-31H2,1-5H3,(H,48,50)/t42-,46?/m0/s1. The lowest BCUT2D eigenvalue weighted by atomic mass is 9.76. The second kappa shape index (κ2) is 16.5. The molecule has 1 amide bonds. The van der Waals surface area contributed by atoms with E-state index in [1.54, 1.807) is 7.11 Å². The summed E-state index contributed by atoms with van der Waals surface area (Å²) < 4.78 is 17.1. The van der Waals surface area contributed by atoms with Gasteiger partial charge in [-0.05, 0) is 105 Å². The number of carbonyl (C=O) groups is 2. The van der Waals surface area contributed by atoms with Crippen LogP contribution in [0, 0.1) is 6.92 Å². The van der Waals surface area contributed by atoms with Crippen LogP contribution in [0.5, 0.6) is 5.75 Å². The number of hydrogen-bond acceptors (Lipinski definition) is 6. The molecule has 0 aromatic heterocycles. The number of hydrogen-bond donors (Lipinski definition) is 2. The molecule has 0 saturated heterocycles. The highest BCUT2D eigenvalue weighted by atomic mass is 16.6. The van der Waals surface area contributed by atoms with Crippen molar-refractivity contribution in [2.24, 2.45) is 0 Å². The Kier molecular flexibility index (Phi) is 11.6. The maximum Gasteiger partial charge on any atom is 0.407 e. The number of carbonyl (C=O) groups excluding carboxylic acids is 2. The summed E-state index contributed by atoms with van der Waals surface area (Å²) in [6.07, 6.45) is 1.15. The molecule has 0 spiro atoms. The van der Waals surface area contributed by atoms with Crippen molar-refractivity contribution in [2.75, 3.05) is 20.3 Å². The van der Waals surface area contributed by atoms with Gasteiger partial charge < -0.3 is 19.5 Å². The molecule has 0 saturated carbocycles. The summed E-state index contributed by atoms with van der Waals surface area (Å²) in [5, 5.41) is 6.76. The quantitative estimate of drug-likeness (QED) is 0.0679. The lowest BCUT2D eigenvalue weighted by molar-refractivity contribution is -0.157. The molecular weight excluding hydrogens is 661 g/mol. The molecule has 7 nitrogen and oxygen atoms in total. The van der Waals surface area contributed by atoms with Gasteiger partial charge in [0.2, 0.25) is 0 Å². The van der Waals surface area contributed by atoms with Crippen molar-refractivity contribution in [3.63, 3.8) is 0 Å². The van der Waals surface area contributed by atoms with Crippen LogP contribution in [0.2, 0.25) is 0 Å². The smallest absolute Gasteiger partial charge is 0.407 e. The third-order valence-corrected chi connectivity index (χ3v) is 9.85. The van der Waals surface area contributed by atoms with Gasteiger partial charge in [-0.2, -0.15) is 0 Å². The van der Waals surface area contributed by atoms with Gasteiger partial charge in [0, 0.05) is 5.92 Å². The highest BCUT2D eigenvalue weighted by molar-refractivity contribution is 5.82. The minimum Gasteiger partial charge on any atom is -0.497 e. The Morgan fingerprint density at radius 3 is 1.83 bits per heavy atom. The van der Waals surface area contributed by atoms with Crippen molar-refractivity contribution in [1.82, 2.24) is 10.6 Å². The van der Waals surface area contributed by atoms with E-state index in [2.05, 4.69) is 102 Å². The monoisotopic (exact) mass is 710 g/mol. The summed E-state index contributed by atoms with van der Waals surface area (Å²) >= 11 is 0. The minimum absolute atomic E-state index is 0.0803. The number of methoxy groups -OCH3 is 1. The van der Waals surface area contributed by atoms with Gasteiger partial charge >= 0.3 is 12.1 Å². The second-order valence-electron chi connectivity index (χ2n) is 14.7. The molecule has 0 bridgehead atoms. The predicted octanol–water partition coefficient (Wildman–Crippen LogP) is 9.30. The average Bonchev–Trinajstić information content (AvgIpc) is 3.48. The molecule has 5 aromatic carbocycles. The molecule has 0 fully saturated rings. The van der Waals surface area contributed by atoms with Crippen LogP contribution in [0.25, 0.3) is 11.1 Å². The van der Waals surface area contributed by atoms with Crippen LogP contribution >= 0.6 is 0 Å². The van der Waals surface area contributed by atoms with Crippen LogP contribution in [-0.2, 0) is 19.8 Å². The zero-order chi connectivity index (χ0) is 37.4. The van der Waals surface area contributed by atoms with Gasteiger partial charge in [-0.3, -0.25) is 5.32 Å². The van der Waals surface area contributed by atoms with Gasteiger partial charge in [0.15, 0.2) is 0 Å². The average molecular weight is 711 g/mol. The van der Waals surface area contributed by atoms with Gasteiger partial charge in [0.1, 0.15) is 24.0 Å². The first-order chi connectivity index (χ1) is 25.6. The highest BCUT2D eigenvalue weighted by Crippen LogP contribution is 2.44. The van der Waals surface area contributed by atoms with Crippen LogP contribution < -0.4 is 15.4 Å². The first kappa shape index (κ1) is 37.4. The normalized spacial score (nSPS) is 14.0. The van der Waals surface area contributed by atoms with E-state index in [1.165, 1.54) is 5.56 Å². The summed E-state index contributed by atoms with van der Waals surface area (Å²) in [5.74, 6) is 0.232. The van der Waals surface area contributed by atoms with Crippen molar-refractivity contribution in [3.8, 4) is 16.9 Å². The molecule has 6 rings (SSSR count). The molecule has 0 heterocycles. The third-order valence-electron chi connectivity index (χ3n) is 9.85. The summed E-state index contributed by atoms with van der Waals surface area (Å²) in [6, 6.07) is 42.8. The number of alkyl carbamates (subject to hydrolysis) is 1. The molecule has 1 aliphatic carbocycles. The lowest BCUT2D eigenvalue weighted by Gasteiger charge is -2.37. The molecule has 2 atom stereocenters. The van der Waals surface area contributed by atoms with Crippen molar-refractivity contribution in [1.29, 1.82) is 0 Å². The summed E-state index contributed by atoms with van der Waals surface area (Å²) in [4.78, 5) is 26.7. The molecule has 5 aromatic rings. The fourth-order valence-electron chi connectivity index (χ4n) is 7.29. The number of esters is 1. The van der Waals surface area contributed by atoms with Gasteiger partial charge in [0.05, 0.1) is 12.6 Å². The van der Waals surface area contributed by atoms with E-state index in [0.29, 0.717) is 19.4 Å². The number of fused-ring (bicyclic) bond motifs is 3. The number of nitrogens with one attached hydrogen (secondary N) is 2. The molecule has 0 radical (unpaired) electrons. The Bertz CT molecular complexity index is 1940. The Morgan fingerprint density at radius 2 is 1.25 bits per heavy atom. The van der Waals surface area contributed by atoms with Crippen LogP contribution in [0.15, 0.2) is 127 Å². The zero-order valence-corrected chi connectivity index (χ0v) is 31.4. The molecule has 53 heavy (non-hydrogen) atoms. The zero-order valence-electron chi connectivity index (χ0n) is 31.4. The molecule has 274 valence electrons. The largest absolute Gasteiger partial charge is 0.497 e. The first-order valence-corrected chi connectivity index (χ1v) is 18.5. The van der Waals surface area contributed by atoms with E-state index in [4.69, 9.17) is 14.2 Å². The summed E-state index contributed by atoms with van der Waals surface area (Å²) in [5.41, 5.74) is 7.70. The number of aryl methyl sites for hydroxylation is 1. The van der Waals surface area contributed by atoms with Crippen molar-refractivity contribution < 1.29 is 23.8 Å². The third kappa shape index (κ3) is 8.64. The van der Waals surface area contributed by atoms with E-state index in [9.17, 15) is 9.59 Å². The topological polar surface area (TPSA) is 85.9 Å². The molecule has 0 aliphatic heterocycles. The van der Waals surface area contributed by atoms with E-state index in [-0.39, 0.29) is 12.5 Å². The Labute approximate surface area is 313 Å². The fourth-order valence-corrected chi connectivity index (χ4v) is 7.29.